The highest BCUT2D eigenvalue weighted by atomic mass is 79.9. The van der Waals surface area contributed by atoms with Gasteiger partial charge in [-0.3, -0.25) is 9.97 Å². The predicted molar refractivity (Wildman–Crippen MR) is 199 cm³/mol. The Morgan fingerprint density at radius 2 is 1.27 bits per heavy atom. The number of hydrogen-bond donors (Lipinski definition) is 4. The van der Waals surface area contributed by atoms with Crippen LogP contribution in [0.4, 0.5) is 9.59 Å². The monoisotopic (exact) mass is 760 g/mol. The van der Waals surface area contributed by atoms with Crippen molar-refractivity contribution >= 4 is 62.7 Å². The molecule has 48 heavy (non-hydrogen) atoms. The number of aromatic nitrogens is 2. The smallest absolute Gasteiger partial charge is 0.444 e. The van der Waals surface area contributed by atoms with E-state index < -0.39 is 30.5 Å². The van der Waals surface area contributed by atoms with E-state index in [2.05, 4.69) is 56.4 Å². The molecule has 2 amide bonds. The van der Waals surface area contributed by atoms with Gasteiger partial charge in [-0.15, -0.1) is 22.7 Å². The van der Waals surface area contributed by atoms with Gasteiger partial charge >= 0.3 is 19.3 Å². The maximum atomic E-state index is 11.7. The zero-order chi connectivity index (χ0) is 35.9. The molecule has 4 heterocycles. The molecule has 0 unspecified atom stereocenters. The van der Waals surface area contributed by atoms with Crippen molar-refractivity contribution < 1.29 is 29.1 Å². The van der Waals surface area contributed by atoms with Gasteiger partial charge in [0.25, 0.3) is 0 Å². The lowest BCUT2D eigenvalue weighted by Gasteiger charge is -2.19. The predicted octanol–water partition coefficient (Wildman–Crippen LogP) is 7.26. The second kappa shape index (κ2) is 19.6. The van der Waals surface area contributed by atoms with Crippen LogP contribution in [0.3, 0.4) is 0 Å². The molecule has 14 heteroatoms. The normalized spacial score (nSPS) is 10.9. The molecule has 10 nitrogen and oxygen atoms in total. The first-order valence-electron chi connectivity index (χ1n) is 15.5. The van der Waals surface area contributed by atoms with Crippen molar-refractivity contribution in [2.45, 2.75) is 92.5 Å². The molecule has 0 aromatic carbocycles. The average molecular weight is 762 g/mol. The molecule has 0 spiro atoms. The summed E-state index contributed by atoms with van der Waals surface area (Å²) in [6.45, 7) is 16.0. The average Bonchev–Trinajstić information content (AvgIpc) is 3.69. The highest BCUT2D eigenvalue weighted by Gasteiger charge is 2.18. The molecular formula is C34H46BBrN4O6S2. The van der Waals surface area contributed by atoms with Gasteiger partial charge in [0, 0.05) is 54.2 Å². The Kier molecular flexibility index (Phi) is 16.7. The number of hydrogen-bond acceptors (Lipinski definition) is 10. The standard InChI is InChI=1S/C17H22N2O2S.C10H16BNO4S.C7H8BrN/c1-5-12-8-9-18-11-14(12)15-7-6-13(22-15)10-19-16(20)21-17(2,3)4;1-10(2,3)16-9(13)12-6-7-4-5-8(17-7)11(14)15;1-2-6-3-4-9-5-7(6)8/h6-9,11H,5,10H2,1-4H3,(H,19,20);4-5,14-15H,6H2,1-3H3,(H,12,13);3-5H,2H2,1H3. The summed E-state index contributed by atoms with van der Waals surface area (Å²) in [5, 5.41) is 23.2. The molecule has 0 saturated heterocycles. The van der Waals surface area contributed by atoms with Crippen LogP contribution in [-0.2, 0) is 35.4 Å². The molecule has 0 fully saturated rings. The van der Waals surface area contributed by atoms with Gasteiger partial charge in [0.1, 0.15) is 11.2 Å². The summed E-state index contributed by atoms with van der Waals surface area (Å²) in [4.78, 5) is 34.3. The van der Waals surface area contributed by atoms with Gasteiger partial charge in [0.15, 0.2) is 0 Å². The molecule has 0 radical (unpaired) electrons. The van der Waals surface area contributed by atoms with E-state index in [1.165, 1.54) is 32.9 Å². The van der Waals surface area contributed by atoms with E-state index in [4.69, 9.17) is 19.5 Å². The summed E-state index contributed by atoms with van der Waals surface area (Å²) in [5.74, 6) is 0. The molecule has 0 saturated carbocycles. The molecular weight excluding hydrogens is 715 g/mol. The van der Waals surface area contributed by atoms with E-state index in [1.54, 1.807) is 44.2 Å². The first-order chi connectivity index (χ1) is 22.5. The summed E-state index contributed by atoms with van der Waals surface area (Å²) in [7, 11) is -1.46. The minimum atomic E-state index is -1.46. The van der Waals surface area contributed by atoms with Crippen LogP contribution in [-0.4, -0.2) is 50.5 Å². The van der Waals surface area contributed by atoms with Crippen molar-refractivity contribution in [3.63, 3.8) is 0 Å². The second-order valence-corrected chi connectivity index (χ2v) is 15.6. The van der Waals surface area contributed by atoms with Crippen LogP contribution < -0.4 is 15.4 Å². The quantitative estimate of drug-likeness (QED) is 0.138. The van der Waals surface area contributed by atoms with Crippen molar-refractivity contribution in [2.24, 2.45) is 0 Å². The number of thiophene rings is 2. The Bertz CT molecular complexity index is 1580. The van der Waals surface area contributed by atoms with Gasteiger partial charge in [-0.05, 0) is 112 Å². The third-order valence-electron chi connectivity index (χ3n) is 6.01. The number of pyridine rings is 2. The first-order valence-corrected chi connectivity index (χ1v) is 17.9. The van der Waals surface area contributed by atoms with Crippen molar-refractivity contribution in [1.82, 2.24) is 20.6 Å². The van der Waals surface area contributed by atoms with Crippen LogP contribution >= 0.6 is 38.6 Å². The van der Waals surface area contributed by atoms with E-state index in [-0.39, 0.29) is 0 Å². The molecule has 4 N–H and O–H groups in total. The minimum Gasteiger partial charge on any atom is -0.444 e. The second-order valence-electron chi connectivity index (χ2n) is 12.4. The van der Waals surface area contributed by atoms with Crippen molar-refractivity contribution in [2.75, 3.05) is 0 Å². The Balaban J connectivity index is 0.000000272. The van der Waals surface area contributed by atoms with E-state index in [0.717, 1.165) is 27.1 Å². The van der Waals surface area contributed by atoms with Crippen LogP contribution in [0.15, 0.2) is 65.7 Å². The molecule has 0 aliphatic rings. The molecule has 0 aliphatic heterocycles. The van der Waals surface area contributed by atoms with Crippen molar-refractivity contribution in [3.05, 3.63) is 86.5 Å². The maximum absolute atomic E-state index is 11.7. The first kappa shape index (κ1) is 40.9. The molecule has 0 bridgehead atoms. The van der Waals surface area contributed by atoms with E-state index in [0.29, 0.717) is 17.9 Å². The molecule has 0 atom stereocenters. The third-order valence-corrected chi connectivity index (χ3v) is 8.96. The highest BCUT2D eigenvalue weighted by molar-refractivity contribution is 9.10. The Labute approximate surface area is 300 Å². The number of aryl methyl sites for hydroxylation is 2. The number of carbonyl (C=O) groups is 2. The summed E-state index contributed by atoms with van der Waals surface area (Å²) < 4.78 is 11.9. The maximum Gasteiger partial charge on any atom is 0.499 e. The molecule has 0 aliphatic carbocycles. The molecule has 4 rings (SSSR count). The van der Waals surface area contributed by atoms with Gasteiger partial charge in [-0.1, -0.05) is 19.9 Å². The van der Waals surface area contributed by atoms with Gasteiger partial charge in [-0.25, -0.2) is 9.59 Å². The number of nitrogens with zero attached hydrogens (tertiary/aromatic N) is 2. The number of carbonyl (C=O) groups excluding carboxylic acids is 2. The van der Waals surface area contributed by atoms with Crippen LogP contribution in [0, 0.1) is 0 Å². The van der Waals surface area contributed by atoms with Crippen molar-refractivity contribution in [3.8, 4) is 10.4 Å². The lowest BCUT2D eigenvalue weighted by molar-refractivity contribution is 0.0512. The summed E-state index contributed by atoms with van der Waals surface area (Å²) in [5.41, 5.74) is 2.76. The van der Waals surface area contributed by atoms with Gasteiger partial charge in [0.2, 0.25) is 0 Å². The van der Waals surface area contributed by atoms with Crippen molar-refractivity contribution in [1.29, 1.82) is 0 Å². The summed E-state index contributed by atoms with van der Waals surface area (Å²) >= 11 is 6.29. The summed E-state index contributed by atoms with van der Waals surface area (Å²) in [6.07, 6.45) is 8.50. The van der Waals surface area contributed by atoms with Crippen LogP contribution in [0.25, 0.3) is 10.4 Å². The number of halogens is 1. The zero-order valence-corrected chi connectivity index (χ0v) is 32.0. The lowest BCUT2D eigenvalue weighted by Crippen LogP contribution is -2.32. The molecule has 4 aromatic heterocycles. The van der Waals surface area contributed by atoms with E-state index in [9.17, 15) is 9.59 Å². The van der Waals surface area contributed by atoms with Gasteiger partial charge in [0.05, 0.1) is 13.1 Å². The number of ether oxygens (including phenoxy) is 2. The fraction of sp³-hybridized carbons (Fsp3) is 0.412. The molecule has 4 aromatic rings. The van der Waals surface area contributed by atoms with Gasteiger partial charge < -0.3 is 30.2 Å². The minimum absolute atomic E-state index is 0.312. The Hall–Kier alpha value is -3.30. The van der Waals surface area contributed by atoms with E-state index >= 15 is 0 Å². The largest absolute Gasteiger partial charge is 0.499 e. The lowest BCUT2D eigenvalue weighted by atomic mass is 9.90. The van der Waals surface area contributed by atoms with Gasteiger partial charge in [-0.2, -0.15) is 0 Å². The van der Waals surface area contributed by atoms with Crippen LogP contribution in [0.2, 0.25) is 0 Å². The highest BCUT2D eigenvalue weighted by Crippen LogP contribution is 2.30. The Morgan fingerprint density at radius 3 is 1.73 bits per heavy atom. The zero-order valence-electron chi connectivity index (χ0n) is 28.8. The fourth-order valence-electron chi connectivity index (χ4n) is 3.84. The van der Waals surface area contributed by atoms with E-state index in [1.807, 2.05) is 63.8 Å². The summed E-state index contributed by atoms with van der Waals surface area (Å²) in [6, 6.07) is 11.5. The SMILES string of the molecule is CC(C)(C)OC(=O)NCc1ccc(B(O)O)s1.CCc1ccncc1-c1ccc(CNC(=O)OC(C)(C)C)s1.CCc1ccncc1Br. The third kappa shape index (κ3) is 15.7. The number of amides is 2. The topological polar surface area (TPSA) is 143 Å². The van der Waals surface area contributed by atoms with Crippen LogP contribution in [0.5, 0.6) is 0 Å². The number of alkyl carbamates (subject to hydrolysis) is 2. The number of nitrogens with one attached hydrogen (secondary N) is 2. The Morgan fingerprint density at radius 1 is 0.771 bits per heavy atom. The fourth-order valence-corrected chi connectivity index (χ4v) is 6.19. The number of rotatable bonds is 8. The molecule has 260 valence electrons. The van der Waals surface area contributed by atoms with Crippen LogP contribution in [0.1, 0.15) is 76.3 Å².